The number of nitrogens with one attached hydrogen (secondary N) is 1. The first-order valence-corrected chi connectivity index (χ1v) is 7.02. The standard InChI is InChI=1S/C9H14N2OS2/c1-13-9(3-2-4-9)7(12)11-8-10-5-6-14-8/h2-6H2,1H3,(H,10,11,12). The van der Waals surface area contributed by atoms with Crippen LogP contribution in [0.2, 0.25) is 0 Å². The Bertz CT molecular complexity index is 268. The van der Waals surface area contributed by atoms with E-state index in [4.69, 9.17) is 0 Å². The van der Waals surface area contributed by atoms with Gasteiger partial charge in [-0.25, -0.2) is 0 Å². The van der Waals surface area contributed by atoms with Crippen molar-refractivity contribution in [3.05, 3.63) is 0 Å². The van der Waals surface area contributed by atoms with Crippen molar-refractivity contribution in [3.63, 3.8) is 0 Å². The van der Waals surface area contributed by atoms with Crippen LogP contribution in [-0.4, -0.2) is 34.4 Å². The van der Waals surface area contributed by atoms with Gasteiger partial charge >= 0.3 is 0 Å². The molecule has 5 heteroatoms. The molecule has 0 spiro atoms. The van der Waals surface area contributed by atoms with Gasteiger partial charge in [0.05, 0.1) is 11.3 Å². The van der Waals surface area contributed by atoms with E-state index in [1.165, 1.54) is 6.42 Å². The van der Waals surface area contributed by atoms with E-state index in [2.05, 4.69) is 10.3 Å². The number of carbonyl (C=O) groups is 1. The predicted molar refractivity (Wildman–Crippen MR) is 63.0 cm³/mol. The lowest BCUT2D eigenvalue weighted by Crippen LogP contribution is -2.50. The van der Waals surface area contributed by atoms with Gasteiger partial charge < -0.3 is 5.32 Å². The molecule has 2 rings (SSSR count). The van der Waals surface area contributed by atoms with Gasteiger partial charge in [0.2, 0.25) is 5.91 Å². The molecule has 0 aromatic heterocycles. The minimum absolute atomic E-state index is 0.147. The van der Waals surface area contributed by atoms with Gasteiger partial charge in [-0.3, -0.25) is 9.79 Å². The van der Waals surface area contributed by atoms with E-state index in [0.29, 0.717) is 0 Å². The van der Waals surface area contributed by atoms with Crippen LogP contribution in [-0.2, 0) is 4.79 Å². The fraction of sp³-hybridized carbons (Fsp3) is 0.778. The summed E-state index contributed by atoms with van der Waals surface area (Å²) >= 11 is 3.31. The van der Waals surface area contributed by atoms with E-state index in [0.717, 1.165) is 30.3 Å². The molecule has 0 atom stereocenters. The molecule has 2 aliphatic rings. The summed E-state index contributed by atoms with van der Waals surface area (Å²) < 4.78 is -0.147. The lowest BCUT2D eigenvalue weighted by molar-refractivity contribution is -0.123. The second-order valence-electron chi connectivity index (χ2n) is 3.54. The van der Waals surface area contributed by atoms with Crippen molar-refractivity contribution < 1.29 is 4.79 Å². The summed E-state index contributed by atoms with van der Waals surface area (Å²) in [5.41, 5.74) is 0. The first-order chi connectivity index (χ1) is 6.77. The Hall–Kier alpha value is -0.160. The highest BCUT2D eigenvalue weighted by Crippen LogP contribution is 2.43. The van der Waals surface area contributed by atoms with Crippen molar-refractivity contribution in [2.45, 2.75) is 24.0 Å². The molecule has 1 N–H and O–H groups in total. The molecule has 1 heterocycles. The summed E-state index contributed by atoms with van der Waals surface area (Å²) in [5.74, 6) is 1.16. The lowest BCUT2D eigenvalue weighted by atomic mass is 9.83. The number of thioether (sulfide) groups is 2. The summed E-state index contributed by atoms with van der Waals surface area (Å²) in [4.78, 5) is 16.1. The average molecular weight is 230 g/mol. The monoisotopic (exact) mass is 230 g/mol. The minimum atomic E-state index is -0.147. The largest absolute Gasteiger partial charge is 0.304 e. The SMILES string of the molecule is CSC1(C(=O)NC2=NCCS2)CCC1. The van der Waals surface area contributed by atoms with Gasteiger partial charge in [0.15, 0.2) is 5.17 Å². The Balaban J connectivity index is 1.94. The highest BCUT2D eigenvalue weighted by molar-refractivity contribution is 8.14. The molecule has 3 nitrogen and oxygen atoms in total. The van der Waals surface area contributed by atoms with E-state index in [1.54, 1.807) is 23.5 Å². The van der Waals surface area contributed by atoms with Gasteiger partial charge in [0.25, 0.3) is 0 Å². The zero-order chi connectivity index (χ0) is 10.0. The van der Waals surface area contributed by atoms with Crippen LogP contribution in [0.15, 0.2) is 4.99 Å². The van der Waals surface area contributed by atoms with Crippen LogP contribution < -0.4 is 5.32 Å². The molecular formula is C9H14N2OS2. The van der Waals surface area contributed by atoms with Crippen LogP contribution in [0.25, 0.3) is 0 Å². The number of carbonyl (C=O) groups excluding carboxylic acids is 1. The highest BCUT2D eigenvalue weighted by Gasteiger charge is 2.43. The van der Waals surface area contributed by atoms with E-state index < -0.39 is 0 Å². The molecule has 1 saturated carbocycles. The van der Waals surface area contributed by atoms with Gasteiger partial charge in [-0.15, -0.1) is 11.8 Å². The van der Waals surface area contributed by atoms with E-state index in [9.17, 15) is 4.79 Å². The summed E-state index contributed by atoms with van der Waals surface area (Å²) in [6.45, 7) is 0.840. The molecule has 1 aliphatic carbocycles. The number of hydrogen-bond donors (Lipinski definition) is 1. The average Bonchev–Trinajstić information content (AvgIpc) is 2.55. The zero-order valence-corrected chi connectivity index (χ0v) is 9.84. The summed E-state index contributed by atoms with van der Waals surface area (Å²) in [7, 11) is 0. The van der Waals surface area contributed by atoms with Crippen molar-refractivity contribution in [1.29, 1.82) is 0 Å². The molecule has 0 bridgehead atoms. The van der Waals surface area contributed by atoms with Crippen LogP contribution in [0, 0.1) is 0 Å². The maximum atomic E-state index is 11.9. The second-order valence-corrected chi connectivity index (χ2v) is 5.81. The Morgan fingerprint density at radius 2 is 2.43 bits per heavy atom. The Labute approximate surface area is 92.5 Å². The molecule has 0 aromatic carbocycles. The molecule has 1 amide bonds. The number of hydrogen-bond acceptors (Lipinski definition) is 4. The number of amidine groups is 1. The van der Waals surface area contributed by atoms with Crippen LogP contribution in [0.4, 0.5) is 0 Å². The summed E-state index contributed by atoms with van der Waals surface area (Å²) in [6, 6.07) is 0. The highest BCUT2D eigenvalue weighted by atomic mass is 32.2. The first kappa shape index (κ1) is 10.4. The molecule has 0 saturated heterocycles. The van der Waals surface area contributed by atoms with Crippen molar-refractivity contribution in [2.75, 3.05) is 18.6 Å². The van der Waals surface area contributed by atoms with E-state index in [-0.39, 0.29) is 10.7 Å². The van der Waals surface area contributed by atoms with E-state index in [1.807, 2.05) is 6.26 Å². The molecule has 14 heavy (non-hydrogen) atoms. The van der Waals surface area contributed by atoms with Gasteiger partial charge in [-0.05, 0) is 25.5 Å². The number of aliphatic imine (C=N–C) groups is 1. The van der Waals surface area contributed by atoms with Crippen LogP contribution in [0.5, 0.6) is 0 Å². The molecule has 1 aliphatic heterocycles. The number of amides is 1. The fourth-order valence-corrected chi connectivity index (χ4v) is 3.30. The van der Waals surface area contributed by atoms with Gasteiger partial charge in [-0.2, -0.15) is 0 Å². The third-order valence-electron chi connectivity index (χ3n) is 2.77. The number of rotatable bonds is 2. The van der Waals surface area contributed by atoms with Crippen LogP contribution in [0.3, 0.4) is 0 Å². The molecule has 0 radical (unpaired) electrons. The second kappa shape index (κ2) is 4.14. The number of nitrogens with zero attached hydrogens (tertiary/aromatic N) is 1. The fourth-order valence-electron chi connectivity index (χ4n) is 1.64. The maximum Gasteiger partial charge on any atom is 0.242 e. The van der Waals surface area contributed by atoms with Crippen LogP contribution >= 0.6 is 23.5 Å². The Morgan fingerprint density at radius 1 is 1.64 bits per heavy atom. The van der Waals surface area contributed by atoms with Gasteiger partial charge in [0, 0.05) is 5.75 Å². The van der Waals surface area contributed by atoms with Crippen LogP contribution in [0.1, 0.15) is 19.3 Å². The Kier molecular flexibility index (Phi) is 3.07. The quantitative estimate of drug-likeness (QED) is 0.781. The maximum absolute atomic E-state index is 11.9. The topological polar surface area (TPSA) is 41.5 Å². The van der Waals surface area contributed by atoms with Crippen molar-refractivity contribution in [3.8, 4) is 0 Å². The smallest absolute Gasteiger partial charge is 0.242 e. The Morgan fingerprint density at radius 3 is 2.86 bits per heavy atom. The van der Waals surface area contributed by atoms with E-state index >= 15 is 0 Å². The lowest BCUT2D eigenvalue weighted by Gasteiger charge is -2.38. The zero-order valence-electron chi connectivity index (χ0n) is 8.21. The molecule has 0 unspecified atom stereocenters. The summed E-state index contributed by atoms with van der Waals surface area (Å²) in [6.07, 6.45) is 5.21. The minimum Gasteiger partial charge on any atom is -0.304 e. The normalized spacial score (nSPS) is 23.9. The van der Waals surface area contributed by atoms with Crippen molar-refractivity contribution in [1.82, 2.24) is 5.32 Å². The third-order valence-corrected chi connectivity index (χ3v) is 5.04. The summed E-state index contributed by atoms with van der Waals surface area (Å²) in [5, 5.41) is 3.74. The van der Waals surface area contributed by atoms with Gasteiger partial charge in [-0.1, -0.05) is 11.8 Å². The van der Waals surface area contributed by atoms with Crippen molar-refractivity contribution >= 4 is 34.6 Å². The molecule has 0 aromatic rings. The van der Waals surface area contributed by atoms with Crippen molar-refractivity contribution in [2.24, 2.45) is 4.99 Å². The van der Waals surface area contributed by atoms with Gasteiger partial charge in [0.1, 0.15) is 0 Å². The molecule has 1 fully saturated rings. The third kappa shape index (κ3) is 1.80. The predicted octanol–water partition coefficient (Wildman–Crippen LogP) is 1.49. The molecular weight excluding hydrogens is 216 g/mol. The molecule has 78 valence electrons. The first-order valence-electron chi connectivity index (χ1n) is 4.81.